The second-order valence-corrected chi connectivity index (χ2v) is 6.24. The number of nitrogens with zero attached hydrogens (tertiary/aromatic N) is 1. The van der Waals surface area contributed by atoms with Crippen molar-refractivity contribution in [3.05, 3.63) is 11.8 Å². The van der Waals surface area contributed by atoms with E-state index in [-0.39, 0.29) is 23.8 Å². The molecule has 0 spiro atoms. The molecule has 0 aromatic carbocycles. The van der Waals surface area contributed by atoms with Gasteiger partial charge in [0.15, 0.2) is 5.82 Å². The van der Waals surface area contributed by atoms with Crippen molar-refractivity contribution in [1.82, 2.24) is 15.5 Å². The van der Waals surface area contributed by atoms with Crippen LogP contribution in [0.2, 0.25) is 0 Å². The van der Waals surface area contributed by atoms with Gasteiger partial charge in [0.05, 0.1) is 0 Å². The molecule has 2 aliphatic rings. The third kappa shape index (κ3) is 3.25. The summed E-state index contributed by atoms with van der Waals surface area (Å²) >= 11 is 0. The largest absolute Gasteiger partial charge is 0.354 e. The molecule has 2 fully saturated rings. The van der Waals surface area contributed by atoms with Crippen LogP contribution in [0.1, 0.15) is 57.1 Å². The molecule has 0 atom stereocenters. The van der Waals surface area contributed by atoms with Crippen LogP contribution in [0.4, 0.5) is 5.82 Å². The Morgan fingerprint density at radius 1 is 1.29 bits per heavy atom. The van der Waals surface area contributed by atoms with Gasteiger partial charge in [-0.05, 0) is 25.7 Å². The van der Waals surface area contributed by atoms with Crippen LogP contribution in [-0.4, -0.2) is 28.1 Å². The zero-order valence-electron chi connectivity index (χ0n) is 12.3. The lowest BCUT2D eigenvalue weighted by Crippen LogP contribution is -2.42. The summed E-state index contributed by atoms with van der Waals surface area (Å²) in [4.78, 5) is 23.0. The fourth-order valence-corrected chi connectivity index (χ4v) is 3.30. The molecule has 0 bridgehead atoms. The van der Waals surface area contributed by atoms with Gasteiger partial charge in [-0.3, -0.25) is 14.7 Å². The molecule has 1 aromatic heterocycles. The monoisotopic (exact) mass is 290 g/mol. The quantitative estimate of drug-likeness (QED) is 0.791. The molecule has 0 saturated heterocycles. The van der Waals surface area contributed by atoms with Crippen molar-refractivity contribution >= 4 is 17.6 Å². The van der Waals surface area contributed by atoms with Gasteiger partial charge in [0.25, 0.3) is 0 Å². The van der Waals surface area contributed by atoms with Crippen LogP contribution in [0.15, 0.2) is 6.07 Å². The van der Waals surface area contributed by atoms with Crippen molar-refractivity contribution in [3.63, 3.8) is 0 Å². The smallest absolute Gasteiger partial charge is 0.228 e. The standard InChI is InChI=1S/C15H22N4O2/c1-9(20)16-12-6-11(7-12)13-8-14(19-18-13)17-15(21)10-4-2-3-5-10/h8,10-12H,2-7H2,1H3,(H,16,20)(H2,17,18,19,21). The first kappa shape index (κ1) is 14.1. The summed E-state index contributed by atoms with van der Waals surface area (Å²) in [6.07, 6.45) is 6.14. The van der Waals surface area contributed by atoms with Gasteiger partial charge in [-0.1, -0.05) is 12.8 Å². The van der Waals surface area contributed by atoms with Crippen LogP contribution in [-0.2, 0) is 9.59 Å². The Morgan fingerprint density at radius 3 is 2.67 bits per heavy atom. The number of nitrogens with one attached hydrogen (secondary N) is 3. The Kier molecular flexibility index (Phi) is 3.94. The van der Waals surface area contributed by atoms with Crippen LogP contribution >= 0.6 is 0 Å². The van der Waals surface area contributed by atoms with Crippen molar-refractivity contribution < 1.29 is 9.59 Å². The molecule has 114 valence electrons. The number of rotatable bonds is 4. The lowest BCUT2D eigenvalue weighted by molar-refractivity contribution is -0.120. The SMILES string of the molecule is CC(=O)NC1CC(c2cc(NC(=O)C3CCCC3)n[nH]2)C1. The van der Waals surface area contributed by atoms with Crippen LogP contribution < -0.4 is 10.6 Å². The second kappa shape index (κ2) is 5.87. The predicted octanol–water partition coefficient (Wildman–Crippen LogP) is 1.92. The lowest BCUT2D eigenvalue weighted by Gasteiger charge is -2.34. The summed E-state index contributed by atoms with van der Waals surface area (Å²) in [5.74, 6) is 1.28. The maximum Gasteiger partial charge on any atom is 0.228 e. The number of amides is 2. The van der Waals surface area contributed by atoms with Crippen LogP contribution in [0.5, 0.6) is 0 Å². The number of aromatic nitrogens is 2. The predicted molar refractivity (Wildman–Crippen MR) is 78.8 cm³/mol. The number of hydrogen-bond acceptors (Lipinski definition) is 3. The third-order valence-corrected chi connectivity index (χ3v) is 4.56. The molecule has 21 heavy (non-hydrogen) atoms. The first-order valence-corrected chi connectivity index (χ1v) is 7.75. The summed E-state index contributed by atoms with van der Waals surface area (Å²) in [6, 6.07) is 2.19. The number of carbonyl (C=O) groups excluding carboxylic acids is 2. The molecule has 1 heterocycles. The van der Waals surface area contributed by atoms with E-state index < -0.39 is 0 Å². The Balaban J connectivity index is 1.50. The highest BCUT2D eigenvalue weighted by Gasteiger charge is 2.32. The Bertz CT molecular complexity index is 528. The minimum atomic E-state index is 0.0209. The van der Waals surface area contributed by atoms with Gasteiger partial charge in [-0.25, -0.2) is 0 Å². The van der Waals surface area contributed by atoms with Crippen molar-refractivity contribution in [2.75, 3.05) is 5.32 Å². The topological polar surface area (TPSA) is 86.9 Å². The Labute approximate surface area is 124 Å². The fourth-order valence-electron chi connectivity index (χ4n) is 3.30. The molecular weight excluding hydrogens is 268 g/mol. The highest BCUT2D eigenvalue weighted by Crippen LogP contribution is 2.36. The maximum absolute atomic E-state index is 12.0. The minimum absolute atomic E-state index is 0.0209. The van der Waals surface area contributed by atoms with E-state index in [0.717, 1.165) is 44.2 Å². The van der Waals surface area contributed by atoms with Gasteiger partial charge in [0, 0.05) is 36.6 Å². The summed E-state index contributed by atoms with van der Waals surface area (Å²) in [6.45, 7) is 1.54. The van der Waals surface area contributed by atoms with E-state index in [9.17, 15) is 9.59 Å². The first-order chi connectivity index (χ1) is 10.1. The van der Waals surface area contributed by atoms with E-state index in [1.807, 2.05) is 6.07 Å². The number of hydrogen-bond donors (Lipinski definition) is 3. The van der Waals surface area contributed by atoms with Crippen LogP contribution in [0.3, 0.4) is 0 Å². The van der Waals surface area contributed by atoms with Gasteiger partial charge in [-0.15, -0.1) is 0 Å². The first-order valence-electron chi connectivity index (χ1n) is 7.75. The van der Waals surface area contributed by atoms with Gasteiger partial charge in [0.2, 0.25) is 11.8 Å². The molecule has 1 aromatic rings. The average molecular weight is 290 g/mol. The summed E-state index contributed by atoms with van der Waals surface area (Å²) in [7, 11) is 0. The highest BCUT2D eigenvalue weighted by atomic mass is 16.2. The Hall–Kier alpha value is -1.85. The second-order valence-electron chi connectivity index (χ2n) is 6.24. The maximum atomic E-state index is 12.0. The van der Waals surface area contributed by atoms with Gasteiger partial charge in [-0.2, -0.15) is 5.10 Å². The minimum Gasteiger partial charge on any atom is -0.354 e. The number of carbonyl (C=O) groups is 2. The van der Waals surface area contributed by atoms with Crippen molar-refractivity contribution in [3.8, 4) is 0 Å². The van der Waals surface area contributed by atoms with Gasteiger partial charge >= 0.3 is 0 Å². The number of aromatic amines is 1. The van der Waals surface area contributed by atoms with E-state index >= 15 is 0 Å². The third-order valence-electron chi connectivity index (χ3n) is 4.56. The van der Waals surface area contributed by atoms with E-state index in [2.05, 4.69) is 20.8 Å². The average Bonchev–Trinajstić information content (AvgIpc) is 3.04. The molecule has 3 N–H and O–H groups in total. The zero-order chi connectivity index (χ0) is 14.8. The molecule has 2 amide bonds. The zero-order valence-corrected chi connectivity index (χ0v) is 12.3. The molecule has 0 aliphatic heterocycles. The normalized spacial score (nSPS) is 25.4. The number of anilines is 1. The summed E-state index contributed by atoms with van der Waals surface area (Å²) in [5.41, 5.74) is 1.04. The van der Waals surface area contributed by atoms with Crippen LogP contribution in [0.25, 0.3) is 0 Å². The van der Waals surface area contributed by atoms with E-state index in [1.54, 1.807) is 6.92 Å². The van der Waals surface area contributed by atoms with Crippen LogP contribution in [0, 0.1) is 5.92 Å². The summed E-state index contributed by atoms with van der Waals surface area (Å²) < 4.78 is 0. The van der Waals surface area contributed by atoms with Crippen molar-refractivity contribution in [2.45, 2.75) is 57.4 Å². The number of H-pyrrole nitrogens is 1. The van der Waals surface area contributed by atoms with E-state index in [0.29, 0.717) is 11.7 Å². The molecule has 0 radical (unpaired) electrons. The molecule has 6 nitrogen and oxygen atoms in total. The van der Waals surface area contributed by atoms with E-state index in [4.69, 9.17) is 0 Å². The Morgan fingerprint density at radius 2 is 2.00 bits per heavy atom. The molecule has 2 saturated carbocycles. The lowest BCUT2D eigenvalue weighted by atomic mass is 9.78. The fraction of sp³-hybridized carbons (Fsp3) is 0.667. The van der Waals surface area contributed by atoms with Gasteiger partial charge < -0.3 is 10.6 Å². The molecular formula is C15H22N4O2. The van der Waals surface area contributed by atoms with E-state index in [1.165, 1.54) is 0 Å². The van der Waals surface area contributed by atoms with Crippen molar-refractivity contribution in [2.24, 2.45) is 5.92 Å². The van der Waals surface area contributed by atoms with Gasteiger partial charge in [0.1, 0.15) is 0 Å². The molecule has 3 rings (SSSR count). The molecule has 2 aliphatic carbocycles. The van der Waals surface area contributed by atoms with Crippen molar-refractivity contribution in [1.29, 1.82) is 0 Å². The highest BCUT2D eigenvalue weighted by molar-refractivity contribution is 5.91. The summed E-state index contributed by atoms with van der Waals surface area (Å²) in [5, 5.41) is 13.0. The molecule has 0 unspecified atom stereocenters. The molecule has 6 heteroatoms.